The van der Waals surface area contributed by atoms with Gasteiger partial charge >= 0.3 is 0 Å². The molecule has 1 aromatic heterocycles. The van der Waals surface area contributed by atoms with Crippen LogP contribution in [0.25, 0.3) is 0 Å². The van der Waals surface area contributed by atoms with Gasteiger partial charge in [-0.3, -0.25) is 0 Å². The van der Waals surface area contributed by atoms with E-state index in [1.54, 1.807) is 25.3 Å². The van der Waals surface area contributed by atoms with Crippen LogP contribution in [0.4, 0.5) is 0 Å². The maximum atomic E-state index is 11.6. The van der Waals surface area contributed by atoms with E-state index in [-0.39, 0.29) is 0 Å². The van der Waals surface area contributed by atoms with Crippen molar-refractivity contribution < 1.29 is 8.42 Å². The molecule has 0 amide bonds. The van der Waals surface area contributed by atoms with Crippen molar-refractivity contribution in [3.05, 3.63) is 21.3 Å². The molecule has 15 heavy (non-hydrogen) atoms. The van der Waals surface area contributed by atoms with Gasteiger partial charge in [-0.15, -0.1) is 22.9 Å². The van der Waals surface area contributed by atoms with E-state index >= 15 is 0 Å². The molecule has 0 saturated carbocycles. The smallest absolute Gasteiger partial charge is 0.154 e. The molecule has 0 aromatic carbocycles. The number of alkyl halides is 1. The average molecular weight is 287 g/mol. The van der Waals surface area contributed by atoms with Gasteiger partial charge in [0.05, 0.1) is 15.1 Å². The predicted octanol–water partition coefficient (Wildman–Crippen LogP) is 3.50. The molecule has 0 aliphatic heterocycles. The molecule has 1 unspecified atom stereocenters. The predicted molar refractivity (Wildman–Crippen MR) is 66.8 cm³/mol. The summed E-state index contributed by atoms with van der Waals surface area (Å²) in [6, 6.07) is 1.72. The molecular formula is C9H12Cl2O2S2. The van der Waals surface area contributed by atoms with E-state index in [2.05, 4.69) is 0 Å². The normalized spacial score (nSPS) is 15.3. The van der Waals surface area contributed by atoms with Gasteiger partial charge in [-0.05, 0) is 25.3 Å². The Morgan fingerprint density at radius 3 is 2.33 bits per heavy atom. The van der Waals surface area contributed by atoms with Gasteiger partial charge in [0.25, 0.3) is 0 Å². The van der Waals surface area contributed by atoms with Crippen molar-refractivity contribution in [1.82, 2.24) is 0 Å². The van der Waals surface area contributed by atoms with Crippen LogP contribution in [-0.4, -0.2) is 19.4 Å². The molecule has 0 bridgehead atoms. The van der Waals surface area contributed by atoms with E-state index in [0.717, 1.165) is 0 Å². The first-order valence-corrected chi connectivity index (χ1v) is 7.83. The topological polar surface area (TPSA) is 34.1 Å². The number of sulfone groups is 1. The zero-order valence-corrected chi connectivity index (χ0v) is 11.8. The molecule has 0 aliphatic carbocycles. The minimum atomic E-state index is -3.23. The molecule has 86 valence electrons. The Kier molecular flexibility index (Phi) is 3.76. The number of thiophene rings is 1. The van der Waals surface area contributed by atoms with Crippen LogP contribution < -0.4 is 0 Å². The molecule has 1 rings (SSSR count). The van der Waals surface area contributed by atoms with Gasteiger partial charge in [0.2, 0.25) is 0 Å². The zero-order chi connectivity index (χ0) is 11.9. The molecule has 0 N–H and O–H groups in total. The van der Waals surface area contributed by atoms with Crippen molar-refractivity contribution in [1.29, 1.82) is 0 Å². The summed E-state index contributed by atoms with van der Waals surface area (Å²) in [7, 11) is -3.23. The second-order valence-corrected chi connectivity index (χ2v) is 8.26. The van der Waals surface area contributed by atoms with Crippen molar-refractivity contribution in [2.45, 2.75) is 24.0 Å². The van der Waals surface area contributed by atoms with Crippen LogP contribution in [0.5, 0.6) is 0 Å². The second-order valence-electron chi connectivity index (χ2n) is 3.87. The van der Waals surface area contributed by atoms with Crippen LogP contribution in [-0.2, 0) is 9.84 Å². The largest absolute Gasteiger partial charge is 0.229 e. The van der Waals surface area contributed by atoms with Gasteiger partial charge in [0.1, 0.15) is 0 Å². The Bertz CT molecular complexity index is 448. The van der Waals surface area contributed by atoms with Crippen LogP contribution in [0.2, 0.25) is 5.02 Å². The molecule has 6 heteroatoms. The second kappa shape index (κ2) is 4.24. The monoisotopic (exact) mass is 286 g/mol. The number of hydrogen-bond acceptors (Lipinski definition) is 3. The van der Waals surface area contributed by atoms with Crippen LogP contribution in [0.15, 0.2) is 11.4 Å². The third-order valence-corrected chi connectivity index (χ3v) is 7.03. The summed E-state index contributed by atoms with van der Waals surface area (Å²) in [6.07, 6.45) is 1.18. The lowest BCUT2D eigenvalue weighted by atomic mass is 10.1. The van der Waals surface area contributed by atoms with Gasteiger partial charge in [0.15, 0.2) is 9.84 Å². The zero-order valence-electron chi connectivity index (χ0n) is 8.62. The van der Waals surface area contributed by atoms with Crippen molar-refractivity contribution >= 4 is 44.4 Å². The van der Waals surface area contributed by atoms with Crippen LogP contribution in [0.3, 0.4) is 0 Å². The molecule has 1 heterocycles. The SMILES string of the molecule is CC(C)(C(Cl)c1sccc1Cl)S(C)(=O)=O. The van der Waals surface area contributed by atoms with Crippen molar-refractivity contribution in [3.63, 3.8) is 0 Å². The maximum Gasteiger partial charge on any atom is 0.154 e. The highest BCUT2D eigenvalue weighted by molar-refractivity contribution is 7.92. The molecule has 1 atom stereocenters. The lowest BCUT2D eigenvalue weighted by Crippen LogP contribution is -2.35. The van der Waals surface area contributed by atoms with E-state index in [1.807, 2.05) is 0 Å². The minimum absolute atomic E-state index is 0.525. The highest BCUT2D eigenvalue weighted by atomic mass is 35.5. The highest BCUT2D eigenvalue weighted by Crippen LogP contribution is 2.42. The number of halogens is 2. The van der Waals surface area contributed by atoms with Crippen molar-refractivity contribution in [2.24, 2.45) is 0 Å². The van der Waals surface area contributed by atoms with Gasteiger partial charge in [-0.25, -0.2) is 8.42 Å². The van der Waals surface area contributed by atoms with Crippen LogP contribution >= 0.6 is 34.5 Å². The first-order valence-electron chi connectivity index (χ1n) is 4.24. The van der Waals surface area contributed by atoms with E-state index in [4.69, 9.17) is 23.2 Å². The summed E-state index contributed by atoms with van der Waals surface area (Å²) in [5.74, 6) is 0. The Morgan fingerprint density at radius 2 is 2.00 bits per heavy atom. The molecule has 0 aliphatic rings. The third-order valence-electron chi connectivity index (χ3n) is 2.44. The fourth-order valence-electron chi connectivity index (χ4n) is 0.990. The molecule has 0 radical (unpaired) electrons. The van der Waals surface area contributed by atoms with Crippen LogP contribution in [0.1, 0.15) is 24.1 Å². The van der Waals surface area contributed by atoms with Crippen LogP contribution in [0, 0.1) is 0 Å². The van der Waals surface area contributed by atoms with Gasteiger partial charge in [-0.1, -0.05) is 11.6 Å². The summed E-state index contributed by atoms with van der Waals surface area (Å²) in [5, 5.41) is 1.70. The first-order chi connectivity index (χ1) is 6.68. The van der Waals surface area contributed by atoms with E-state index < -0.39 is 20.0 Å². The molecule has 1 aromatic rings. The fraction of sp³-hybridized carbons (Fsp3) is 0.556. The lowest BCUT2D eigenvalue weighted by Gasteiger charge is -2.27. The number of rotatable bonds is 3. The fourth-order valence-corrected chi connectivity index (χ4v) is 3.70. The maximum absolute atomic E-state index is 11.6. The average Bonchev–Trinajstić information content (AvgIpc) is 2.48. The molecule has 2 nitrogen and oxygen atoms in total. The Hall–Kier alpha value is 0.230. The van der Waals surface area contributed by atoms with E-state index in [0.29, 0.717) is 9.90 Å². The Morgan fingerprint density at radius 1 is 1.47 bits per heavy atom. The Balaban J connectivity index is 3.16. The summed E-state index contributed by atoms with van der Waals surface area (Å²) in [4.78, 5) is 0.703. The standard InChI is InChI=1S/C9H12Cl2O2S2/c1-9(2,15(3,12)13)8(11)7-6(10)4-5-14-7/h4-5,8H,1-3H3. The van der Waals surface area contributed by atoms with E-state index in [1.165, 1.54) is 17.6 Å². The molecular weight excluding hydrogens is 275 g/mol. The molecule has 0 spiro atoms. The summed E-state index contributed by atoms with van der Waals surface area (Å²) < 4.78 is 22.1. The van der Waals surface area contributed by atoms with Crippen molar-refractivity contribution in [2.75, 3.05) is 6.26 Å². The van der Waals surface area contributed by atoms with Crippen molar-refractivity contribution in [3.8, 4) is 0 Å². The highest BCUT2D eigenvalue weighted by Gasteiger charge is 2.40. The van der Waals surface area contributed by atoms with Gasteiger partial charge in [-0.2, -0.15) is 0 Å². The Labute approximate surface area is 104 Å². The summed E-state index contributed by atoms with van der Waals surface area (Å²) >= 11 is 13.5. The van der Waals surface area contributed by atoms with Gasteiger partial charge < -0.3 is 0 Å². The van der Waals surface area contributed by atoms with E-state index in [9.17, 15) is 8.42 Å². The first kappa shape index (κ1) is 13.3. The molecule has 0 fully saturated rings. The van der Waals surface area contributed by atoms with Gasteiger partial charge in [0, 0.05) is 11.1 Å². The third kappa shape index (κ3) is 2.49. The number of hydrogen-bond donors (Lipinski definition) is 0. The summed E-state index contributed by atoms with van der Waals surface area (Å²) in [6.45, 7) is 3.21. The molecule has 0 saturated heterocycles. The quantitative estimate of drug-likeness (QED) is 0.797. The lowest BCUT2D eigenvalue weighted by molar-refractivity contribution is 0.546. The summed E-state index contributed by atoms with van der Waals surface area (Å²) in [5.41, 5.74) is 0. The minimum Gasteiger partial charge on any atom is -0.229 e.